The first kappa shape index (κ1) is 24.5. The van der Waals surface area contributed by atoms with Crippen LogP contribution in [-0.2, 0) is 23.1 Å². The second-order valence-corrected chi connectivity index (χ2v) is 11.5. The molecular formula is C25H30N4O3S2. The summed E-state index contributed by atoms with van der Waals surface area (Å²) >= 11 is 1.38. The zero-order valence-electron chi connectivity index (χ0n) is 19.5. The maximum Gasteiger partial charge on any atom is 0.257 e. The van der Waals surface area contributed by atoms with Gasteiger partial charge in [0, 0.05) is 24.0 Å². The third-order valence-corrected chi connectivity index (χ3v) is 8.31. The monoisotopic (exact) mass is 498 g/mol. The van der Waals surface area contributed by atoms with Crippen LogP contribution >= 0.6 is 11.3 Å². The van der Waals surface area contributed by atoms with E-state index in [9.17, 15) is 13.2 Å². The minimum absolute atomic E-state index is 0.0540. The molecular weight excluding hydrogens is 468 g/mol. The van der Waals surface area contributed by atoms with Crippen LogP contribution in [0.5, 0.6) is 0 Å². The minimum atomic E-state index is -3.77. The van der Waals surface area contributed by atoms with Crippen molar-refractivity contribution < 1.29 is 13.2 Å². The standard InChI is InChI=1S/C25H30N4O3S2/c1-18-10-12-29(13-11-18)16-21-17-33-25(27-21)28-24(30)23-14-22(9-8-19(23)2)34(31,32)26-15-20-6-4-3-5-7-20/h3-9,14,17-18,26H,10-13,15-16H2,1-2H3,(H,27,28,30). The number of aromatic nitrogens is 1. The molecule has 1 aromatic heterocycles. The zero-order valence-corrected chi connectivity index (χ0v) is 21.1. The van der Waals surface area contributed by atoms with Crippen molar-refractivity contribution in [3.63, 3.8) is 0 Å². The van der Waals surface area contributed by atoms with Crippen LogP contribution in [0.2, 0.25) is 0 Å². The lowest BCUT2D eigenvalue weighted by atomic mass is 9.99. The van der Waals surface area contributed by atoms with Crippen LogP contribution in [0.1, 0.15) is 46.9 Å². The lowest BCUT2D eigenvalue weighted by Gasteiger charge is -2.29. The molecule has 0 atom stereocenters. The highest BCUT2D eigenvalue weighted by Crippen LogP contribution is 2.23. The number of rotatable bonds is 8. The summed E-state index contributed by atoms with van der Waals surface area (Å²) in [6.07, 6.45) is 2.40. The molecule has 1 fully saturated rings. The molecule has 4 rings (SSSR count). The van der Waals surface area contributed by atoms with E-state index >= 15 is 0 Å². The van der Waals surface area contributed by atoms with Gasteiger partial charge in [-0.1, -0.05) is 43.3 Å². The number of benzene rings is 2. The summed E-state index contributed by atoms with van der Waals surface area (Å²) in [5.74, 6) is 0.406. The van der Waals surface area contributed by atoms with Gasteiger partial charge in [0.2, 0.25) is 10.0 Å². The van der Waals surface area contributed by atoms with Gasteiger partial charge in [0.05, 0.1) is 10.6 Å². The van der Waals surface area contributed by atoms with Crippen molar-refractivity contribution in [2.24, 2.45) is 5.92 Å². The smallest absolute Gasteiger partial charge is 0.257 e. The van der Waals surface area contributed by atoms with Crippen LogP contribution in [0.4, 0.5) is 5.13 Å². The topological polar surface area (TPSA) is 91.4 Å². The van der Waals surface area contributed by atoms with E-state index in [2.05, 4.69) is 26.8 Å². The van der Waals surface area contributed by atoms with Crippen molar-refractivity contribution >= 4 is 32.4 Å². The predicted molar refractivity (Wildman–Crippen MR) is 135 cm³/mol. The Morgan fingerprint density at radius 2 is 1.88 bits per heavy atom. The third kappa shape index (κ3) is 6.29. The van der Waals surface area contributed by atoms with Gasteiger partial charge in [0.1, 0.15) is 0 Å². The molecule has 0 bridgehead atoms. The number of amides is 1. The molecule has 0 unspecified atom stereocenters. The summed E-state index contributed by atoms with van der Waals surface area (Å²) < 4.78 is 28.2. The van der Waals surface area contributed by atoms with E-state index in [4.69, 9.17) is 0 Å². The van der Waals surface area contributed by atoms with E-state index in [1.807, 2.05) is 35.7 Å². The van der Waals surface area contributed by atoms with Gasteiger partial charge in [0.25, 0.3) is 5.91 Å². The van der Waals surface area contributed by atoms with E-state index < -0.39 is 10.0 Å². The molecule has 2 N–H and O–H groups in total. The predicted octanol–water partition coefficient (Wildman–Crippen LogP) is 4.41. The van der Waals surface area contributed by atoms with Crippen molar-refractivity contribution in [2.75, 3.05) is 18.4 Å². The number of nitrogens with one attached hydrogen (secondary N) is 2. The van der Waals surface area contributed by atoms with Gasteiger partial charge in [-0.05, 0) is 62.0 Å². The number of aryl methyl sites for hydroxylation is 1. The fraction of sp³-hybridized carbons (Fsp3) is 0.360. The van der Waals surface area contributed by atoms with Gasteiger partial charge in [-0.15, -0.1) is 11.3 Å². The molecule has 3 aromatic rings. The fourth-order valence-electron chi connectivity index (χ4n) is 3.92. The summed E-state index contributed by atoms with van der Waals surface area (Å²) in [6, 6.07) is 13.9. The molecule has 2 heterocycles. The van der Waals surface area contributed by atoms with Gasteiger partial charge >= 0.3 is 0 Å². The second kappa shape index (κ2) is 10.8. The summed E-state index contributed by atoms with van der Waals surface area (Å²) in [5.41, 5.74) is 2.80. The van der Waals surface area contributed by atoms with Gasteiger partial charge in [-0.3, -0.25) is 15.0 Å². The molecule has 0 aliphatic carbocycles. The van der Waals surface area contributed by atoms with Crippen molar-refractivity contribution in [1.29, 1.82) is 0 Å². The molecule has 0 radical (unpaired) electrons. The average molecular weight is 499 g/mol. The number of carbonyl (C=O) groups is 1. The van der Waals surface area contributed by atoms with Crippen molar-refractivity contribution in [3.8, 4) is 0 Å². The zero-order chi connectivity index (χ0) is 24.1. The number of likely N-dealkylation sites (tertiary alicyclic amines) is 1. The first-order valence-corrected chi connectivity index (χ1v) is 13.8. The van der Waals surface area contributed by atoms with Crippen LogP contribution in [0, 0.1) is 12.8 Å². The van der Waals surface area contributed by atoms with Crippen LogP contribution in [0.25, 0.3) is 0 Å². The highest BCUT2D eigenvalue weighted by atomic mass is 32.2. The Bertz CT molecular complexity index is 1230. The summed E-state index contributed by atoms with van der Waals surface area (Å²) in [6.45, 7) is 7.16. The SMILES string of the molecule is Cc1ccc(S(=O)(=O)NCc2ccccc2)cc1C(=O)Nc1nc(CN2CCC(C)CC2)cs1. The quantitative estimate of drug-likeness (QED) is 0.480. The molecule has 0 spiro atoms. The van der Waals surface area contributed by atoms with E-state index in [0.29, 0.717) is 16.3 Å². The fourth-order valence-corrected chi connectivity index (χ4v) is 5.66. The number of carbonyl (C=O) groups excluding carboxylic acids is 1. The maximum absolute atomic E-state index is 13.0. The number of piperidine rings is 1. The summed E-state index contributed by atoms with van der Waals surface area (Å²) in [4.78, 5) is 20.0. The van der Waals surface area contributed by atoms with Gasteiger partial charge in [-0.25, -0.2) is 18.1 Å². The highest BCUT2D eigenvalue weighted by molar-refractivity contribution is 7.89. The van der Waals surface area contributed by atoms with Crippen LogP contribution in [-0.4, -0.2) is 37.3 Å². The molecule has 1 aliphatic rings. The molecule has 180 valence electrons. The van der Waals surface area contributed by atoms with Crippen LogP contribution in [0.15, 0.2) is 58.8 Å². The number of nitrogens with zero attached hydrogens (tertiary/aromatic N) is 2. The van der Waals surface area contributed by atoms with Gasteiger partial charge in [-0.2, -0.15) is 0 Å². The first-order valence-electron chi connectivity index (χ1n) is 11.4. The lowest BCUT2D eigenvalue weighted by Crippen LogP contribution is -2.32. The number of anilines is 1. The van der Waals surface area contributed by atoms with Gasteiger partial charge in [0.15, 0.2) is 5.13 Å². The molecule has 2 aromatic carbocycles. The number of thiazole rings is 1. The Morgan fingerprint density at radius 3 is 2.62 bits per heavy atom. The number of hydrogen-bond acceptors (Lipinski definition) is 6. The largest absolute Gasteiger partial charge is 0.298 e. The Labute approximate surface area is 205 Å². The van der Waals surface area contributed by atoms with Crippen molar-refractivity contribution in [2.45, 2.75) is 44.7 Å². The van der Waals surface area contributed by atoms with E-state index in [-0.39, 0.29) is 17.3 Å². The highest BCUT2D eigenvalue weighted by Gasteiger charge is 2.20. The third-order valence-electron chi connectivity index (χ3n) is 6.11. The molecule has 7 nitrogen and oxygen atoms in total. The lowest BCUT2D eigenvalue weighted by molar-refractivity contribution is 0.102. The normalized spacial score (nSPS) is 15.4. The minimum Gasteiger partial charge on any atom is -0.298 e. The molecule has 1 saturated heterocycles. The molecule has 0 saturated carbocycles. The molecule has 1 aliphatic heterocycles. The Morgan fingerprint density at radius 1 is 1.15 bits per heavy atom. The Hall–Kier alpha value is -2.59. The Balaban J connectivity index is 1.41. The van der Waals surface area contributed by atoms with E-state index in [1.165, 1.54) is 36.3 Å². The molecule has 34 heavy (non-hydrogen) atoms. The van der Waals surface area contributed by atoms with Crippen molar-refractivity contribution in [1.82, 2.24) is 14.6 Å². The van der Waals surface area contributed by atoms with Crippen LogP contribution < -0.4 is 10.0 Å². The molecule has 1 amide bonds. The second-order valence-electron chi connectivity index (χ2n) is 8.84. The van der Waals surface area contributed by atoms with E-state index in [0.717, 1.165) is 36.8 Å². The van der Waals surface area contributed by atoms with Gasteiger partial charge < -0.3 is 0 Å². The molecule has 9 heteroatoms. The van der Waals surface area contributed by atoms with E-state index in [1.54, 1.807) is 13.0 Å². The summed E-state index contributed by atoms with van der Waals surface area (Å²) in [5, 5.41) is 5.32. The Kier molecular flexibility index (Phi) is 7.77. The average Bonchev–Trinajstić information content (AvgIpc) is 3.26. The van der Waals surface area contributed by atoms with Crippen molar-refractivity contribution in [3.05, 3.63) is 76.3 Å². The number of hydrogen-bond donors (Lipinski definition) is 2. The maximum atomic E-state index is 13.0. The first-order chi connectivity index (χ1) is 16.3. The number of sulfonamides is 1. The van der Waals surface area contributed by atoms with Crippen LogP contribution in [0.3, 0.4) is 0 Å². The summed E-state index contributed by atoms with van der Waals surface area (Å²) in [7, 11) is -3.77.